The Morgan fingerprint density at radius 3 is 2.26 bits per heavy atom. The van der Waals surface area contributed by atoms with Gasteiger partial charge in [-0.2, -0.15) is 0 Å². The summed E-state index contributed by atoms with van der Waals surface area (Å²) in [7, 11) is 0. The summed E-state index contributed by atoms with van der Waals surface area (Å²) in [5.74, 6) is 1.46. The highest BCUT2D eigenvalue weighted by atomic mass is 16.5. The summed E-state index contributed by atoms with van der Waals surface area (Å²) >= 11 is 0. The van der Waals surface area contributed by atoms with Crippen molar-refractivity contribution in [3.63, 3.8) is 0 Å². The van der Waals surface area contributed by atoms with Crippen LogP contribution in [0.1, 0.15) is 133 Å². The normalized spacial score (nSPS) is 20.7. The molecule has 1 aliphatic heterocycles. The molecule has 1 aliphatic carbocycles. The molecule has 4 heteroatoms. The van der Waals surface area contributed by atoms with Crippen LogP contribution in [0.15, 0.2) is 42.5 Å². The standard InChI is InChI=1S/C35H52N2O2/c1-3-5-7-8-9-10-12-14-28-17-24-33-31(25-28)26-36-34(37-33)29-20-22-32(23-21-29)39-35(38)30-18-15-27(16-19-30)13-11-6-4-2/h17,20-25,27,30,34,36-37H,3-16,18-19,26H2,1-2H3. The maximum absolute atomic E-state index is 12.8. The van der Waals surface area contributed by atoms with E-state index in [1.54, 1.807) is 0 Å². The highest BCUT2D eigenvalue weighted by Gasteiger charge is 2.27. The van der Waals surface area contributed by atoms with E-state index in [0.29, 0.717) is 5.75 Å². The molecule has 4 rings (SSSR count). The quantitative estimate of drug-likeness (QED) is 0.136. The third-order valence-corrected chi connectivity index (χ3v) is 8.86. The van der Waals surface area contributed by atoms with Crippen LogP contribution in [0.2, 0.25) is 0 Å². The van der Waals surface area contributed by atoms with E-state index in [0.717, 1.165) is 30.9 Å². The first-order valence-electron chi connectivity index (χ1n) is 16.1. The van der Waals surface area contributed by atoms with Crippen LogP contribution in [-0.2, 0) is 17.8 Å². The molecule has 0 spiro atoms. The number of unbranched alkanes of at least 4 members (excludes halogenated alkanes) is 8. The van der Waals surface area contributed by atoms with Crippen LogP contribution in [0.5, 0.6) is 5.75 Å². The van der Waals surface area contributed by atoms with Gasteiger partial charge >= 0.3 is 5.97 Å². The van der Waals surface area contributed by atoms with Gasteiger partial charge in [0.1, 0.15) is 11.9 Å². The number of carbonyl (C=O) groups is 1. The lowest BCUT2D eigenvalue weighted by molar-refractivity contribution is -0.140. The zero-order valence-electron chi connectivity index (χ0n) is 24.6. The largest absolute Gasteiger partial charge is 0.426 e. The van der Waals surface area contributed by atoms with Crippen LogP contribution < -0.4 is 15.4 Å². The van der Waals surface area contributed by atoms with Gasteiger partial charge in [-0.3, -0.25) is 10.1 Å². The Labute approximate surface area is 237 Å². The van der Waals surface area contributed by atoms with Crippen LogP contribution in [0.4, 0.5) is 5.69 Å². The molecule has 1 unspecified atom stereocenters. The minimum absolute atomic E-state index is 0.0510. The molecule has 2 aromatic rings. The molecular weight excluding hydrogens is 480 g/mol. The lowest BCUT2D eigenvalue weighted by Gasteiger charge is -2.29. The number of nitrogens with one attached hydrogen (secondary N) is 2. The summed E-state index contributed by atoms with van der Waals surface area (Å²) in [4.78, 5) is 12.8. The summed E-state index contributed by atoms with van der Waals surface area (Å²) < 4.78 is 5.78. The number of hydrogen-bond acceptors (Lipinski definition) is 4. The predicted octanol–water partition coefficient (Wildman–Crippen LogP) is 9.49. The summed E-state index contributed by atoms with van der Waals surface area (Å²) in [6.45, 7) is 5.39. The Bertz CT molecular complexity index is 994. The Morgan fingerprint density at radius 1 is 0.821 bits per heavy atom. The zero-order valence-corrected chi connectivity index (χ0v) is 24.6. The molecule has 0 aromatic heterocycles. The lowest BCUT2D eigenvalue weighted by Crippen LogP contribution is -2.32. The molecule has 2 aromatic carbocycles. The molecule has 1 saturated carbocycles. The fourth-order valence-corrected chi connectivity index (χ4v) is 6.29. The first-order valence-corrected chi connectivity index (χ1v) is 16.1. The second kappa shape index (κ2) is 16.1. The Balaban J connectivity index is 1.19. The average Bonchev–Trinajstić information content (AvgIpc) is 2.97. The first kappa shape index (κ1) is 29.6. The van der Waals surface area contributed by atoms with E-state index < -0.39 is 0 Å². The van der Waals surface area contributed by atoms with E-state index >= 15 is 0 Å². The molecule has 2 aliphatic rings. The Hall–Kier alpha value is -2.33. The Morgan fingerprint density at radius 2 is 1.51 bits per heavy atom. The topological polar surface area (TPSA) is 50.4 Å². The molecule has 0 bridgehead atoms. The first-order chi connectivity index (χ1) is 19.2. The molecule has 1 atom stereocenters. The van der Waals surface area contributed by atoms with Gasteiger partial charge in [0, 0.05) is 12.2 Å². The van der Waals surface area contributed by atoms with Gasteiger partial charge in [0.15, 0.2) is 0 Å². The summed E-state index contributed by atoms with van der Waals surface area (Å²) in [5.41, 5.74) is 5.15. The van der Waals surface area contributed by atoms with E-state index in [2.05, 4.69) is 54.8 Å². The molecule has 214 valence electrons. The van der Waals surface area contributed by atoms with E-state index in [4.69, 9.17) is 4.74 Å². The third-order valence-electron chi connectivity index (χ3n) is 8.86. The predicted molar refractivity (Wildman–Crippen MR) is 163 cm³/mol. The molecule has 1 fully saturated rings. The maximum Gasteiger partial charge on any atom is 0.314 e. The monoisotopic (exact) mass is 532 g/mol. The molecule has 0 saturated heterocycles. The van der Waals surface area contributed by atoms with Gasteiger partial charge in [0.05, 0.1) is 5.92 Å². The van der Waals surface area contributed by atoms with Crippen molar-refractivity contribution in [1.82, 2.24) is 5.32 Å². The molecule has 1 heterocycles. The SMILES string of the molecule is CCCCCCCCCc1ccc2c(c1)CNC(c1ccc(OC(=O)C3CCC(CCCCC)CC3)cc1)N2. The number of rotatable bonds is 15. The second-order valence-electron chi connectivity index (χ2n) is 12.0. The summed E-state index contributed by atoms with van der Waals surface area (Å²) in [6, 6.07) is 14.9. The summed E-state index contributed by atoms with van der Waals surface area (Å²) in [5, 5.41) is 7.28. The van der Waals surface area contributed by atoms with E-state index in [1.807, 2.05) is 12.1 Å². The number of esters is 1. The number of anilines is 1. The fraction of sp³-hybridized carbons (Fsp3) is 0.629. The smallest absolute Gasteiger partial charge is 0.314 e. The number of aryl methyl sites for hydroxylation is 1. The van der Waals surface area contributed by atoms with Crippen LogP contribution in [0.3, 0.4) is 0 Å². The fourth-order valence-electron chi connectivity index (χ4n) is 6.29. The van der Waals surface area contributed by atoms with Crippen molar-refractivity contribution in [3.8, 4) is 5.75 Å². The van der Waals surface area contributed by atoms with Gasteiger partial charge in [-0.05, 0) is 79.3 Å². The van der Waals surface area contributed by atoms with Gasteiger partial charge in [-0.1, -0.05) is 102 Å². The highest BCUT2D eigenvalue weighted by molar-refractivity contribution is 5.75. The molecule has 0 radical (unpaired) electrons. The average molecular weight is 533 g/mol. The van der Waals surface area contributed by atoms with Gasteiger partial charge in [0.25, 0.3) is 0 Å². The number of carbonyl (C=O) groups excluding carboxylic acids is 1. The number of fused-ring (bicyclic) bond motifs is 1. The van der Waals surface area contributed by atoms with Crippen LogP contribution >= 0.6 is 0 Å². The molecule has 2 N–H and O–H groups in total. The van der Waals surface area contributed by atoms with E-state index in [1.165, 1.54) is 107 Å². The minimum atomic E-state index is -0.0510. The molecular formula is C35H52N2O2. The zero-order chi connectivity index (χ0) is 27.3. The number of benzene rings is 2. The third kappa shape index (κ3) is 9.38. The maximum atomic E-state index is 12.8. The highest BCUT2D eigenvalue weighted by Crippen LogP contribution is 2.33. The number of hydrogen-bond donors (Lipinski definition) is 2. The van der Waals surface area contributed by atoms with E-state index in [9.17, 15) is 4.79 Å². The van der Waals surface area contributed by atoms with Crippen molar-refractivity contribution < 1.29 is 9.53 Å². The van der Waals surface area contributed by atoms with Crippen molar-refractivity contribution in [2.45, 2.75) is 129 Å². The van der Waals surface area contributed by atoms with Crippen molar-refractivity contribution in [2.24, 2.45) is 11.8 Å². The van der Waals surface area contributed by atoms with Gasteiger partial charge in [0.2, 0.25) is 0 Å². The summed E-state index contributed by atoms with van der Waals surface area (Å²) in [6.07, 6.45) is 20.2. The van der Waals surface area contributed by atoms with Crippen LogP contribution in [0, 0.1) is 11.8 Å². The molecule has 0 amide bonds. The van der Waals surface area contributed by atoms with Crippen molar-refractivity contribution >= 4 is 11.7 Å². The Kier molecular flexibility index (Phi) is 12.2. The van der Waals surface area contributed by atoms with Gasteiger partial charge in [-0.15, -0.1) is 0 Å². The lowest BCUT2D eigenvalue weighted by atomic mass is 9.80. The van der Waals surface area contributed by atoms with Crippen molar-refractivity contribution in [3.05, 3.63) is 59.2 Å². The van der Waals surface area contributed by atoms with Gasteiger partial charge in [-0.25, -0.2) is 0 Å². The van der Waals surface area contributed by atoms with Crippen LogP contribution in [-0.4, -0.2) is 5.97 Å². The van der Waals surface area contributed by atoms with Gasteiger partial charge < -0.3 is 10.1 Å². The van der Waals surface area contributed by atoms with E-state index in [-0.39, 0.29) is 18.1 Å². The van der Waals surface area contributed by atoms with Crippen molar-refractivity contribution in [2.75, 3.05) is 5.32 Å². The minimum Gasteiger partial charge on any atom is -0.426 e. The van der Waals surface area contributed by atoms with Crippen molar-refractivity contribution in [1.29, 1.82) is 0 Å². The van der Waals surface area contributed by atoms with Crippen LogP contribution in [0.25, 0.3) is 0 Å². The second-order valence-corrected chi connectivity index (χ2v) is 12.0. The number of ether oxygens (including phenoxy) is 1. The molecule has 39 heavy (non-hydrogen) atoms. The molecule has 4 nitrogen and oxygen atoms in total.